The summed E-state index contributed by atoms with van der Waals surface area (Å²) in [5, 5.41) is 9.03. The molecule has 1 heterocycles. The molecule has 20 heavy (non-hydrogen) atoms. The third kappa shape index (κ3) is 3.29. The number of carbonyl (C=O) groups excluding carboxylic acids is 1. The average Bonchev–Trinajstić information content (AvgIpc) is 2.41. The maximum absolute atomic E-state index is 12.3. The van der Waals surface area contributed by atoms with Crippen LogP contribution in [0.15, 0.2) is 24.3 Å². The predicted octanol–water partition coefficient (Wildman–Crippen LogP) is 1.52. The van der Waals surface area contributed by atoms with Gasteiger partial charge in [-0.2, -0.15) is 0 Å². The SMILES string of the molecule is CC1CC(C(=O)O)CCN1C(=O)Cc1ccc(N)cc1. The summed E-state index contributed by atoms with van der Waals surface area (Å²) < 4.78 is 0. The summed E-state index contributed by atoms with van der Waals surface area (Å²) in [4.78, 5) is 25.1. The lowest BCUT2D eigenvalue weighted by molar-refractivity contribution is -0.147. The summed E-state index contributed by atoms with van der Waals surface area (Å²) in [6.07, 6.45) is 1.40. The fraction of sp³-hybridized carbons (Fsp3) is 0.467. The van der Waals surface area contributed by atoms with Gasteiger partial charge in [0.2, 0.25) is 5.91 Å². The molecule has 2 atom stereocenters. The molecule has 0 aliphatic carbocycles. The van der Waals surface area contributed by atoms with Gasteiger partial charge in [0.15, 0.2) is 0 Å². The molecule has 0 spiro atoms. The largest absolute Gasteiger partial charge is 0.481 e. The predicted molar refractivity (Wildman–Crippen MR) is 76.1 cm³/mol. The van der Waals surface area contributed by atoms with E-state index in [1.807, 2.05) is 19.1 Å². The van der Waals surface area contributed by atoms with Crippen LogP contribution >= 0.6 is 0 Å². The number of rotatable bonds is 3. The molecule has 1 aliphatic rings. The van der Waals surface area contributed by atoms with Crippen LogP contribution in [0.1, 0.15) is 25.3 Å². The Bertz CT molecular complexity index is 498. The molecule has 0 radical (unpaired) electrons. The number of carboxylic acids is 1. The molecule has 5 nitrogen and oxygen atoms in total. The topological polar surface area (TPSA) is 83.6 Å². The zero-order valence-electron chi connectivity index (χ0n) is 11.6. The summed E-state index contributed by atoms with van der Waals surface area (Å²) in [6.45, 7) is 2.43. The maximum atomic E-state index is 12.3. The van der Waals surface area contributed by atoms with Gasteiger partial charge in [0.05, 0.1) is 12.3 Å². The molecule has 1 saturated heterocycles. The minimum absolute atomic E-state index is 0.0221. The van der Waals surface area contributed by atoms with Crippen LogP contribution in [0.5, 0.6) is 0 Å². The highest BCUT2D eigenvalue weighted by Gasteiger charge is 2.31. The number of likely N-dealkylation sites (tertiary alicyclic amines) is 1. The molecular weight excluding hydrogens is 256 g/mol. The third-order valence-electron chi connectivity index (χ3n) is 3.88. The Morgan fingerprint density at radius 1 is 1.35 bits per heavy atom. The number of carbonyl (C=O) groups is 2. The zero-order chi connectivity index (χ0) is 14.7. The van der Waals surface area contributed by atoms with Gasteiger partial charge in [-0.3, -0.25) is 9.59 Å². The molecule has 0 saturated carbocycles. The van der Waals surface area contributed by atoms with E-state index in [1.165, 1.54) is 0 Å². The molecule has 1 amide bonds. The second-order valence-electron chi connectivity index (χ2n) is 5.41. The van der Waals surface area contributed by atoms with Crippen LogP contribution in [0.25, 0.3) is 0 Å². The van der Waals surface area contributed by atoms with Crippen LogP contribution in [-0.4, -0.2) is 34.5 Å². The Morgan fingerprint density at radius 2 is 2.00 bits per heavy atom. The molecule has 1 aromatic rings. The van der Waals surface area contributed by atoms with E-state index in [9.17, 15) is 9.59 Å². The summed E-state index contributed by atoms with van der Waals surface area (Å²) in [7, 11) is 0. The first-order valence-electron chi connectivity index (χ1n) is 6.84. The molecule has 1 aromatic carbocycles. The lowest BCUT2D eigenvalue weighted by atomic mass is 9.91. The molecule has 108 valence electrons. The van der Waals surface area contributed by atoms with Crippen molar-refractivity contribution in [2.45, 2.75) is 32.2 Å². The Kier molecular flexibility index (Phi) is 4.27. The van der Waals surface area contributed by atoms with Crippen molar-refractivity contribution in [1.82, 2.24) is 4.90 Å². The zero-order valence-corrected chi connectivity index (χ0v) is 11.6. The van der Waals surface area contributed by atoms with Crippen LogP contribution in [0.2, 0.25) is 0 Å². The number of nitrogens with zero attached hydrogens (tertiary/aromatic N) is 1. The van der Waals surface area contributed by atoms with Crippen LogP contribution in [0, 0.1) is 5.92 Å². The van der Waals surface area contributed by atoms with Gasteiger partial charge in [-0.25, -0.2) is 0 Å². The fourth-order valence-electron chi connectivity index (χ4n) is 2.68. The minimum atomic E-state index is -0.762. The van der Waals surface area contributed by atoms with Gasteiger partial charge in [0.25, 0.3) is 0 Å². The quantitative estimate of drug-likeness (QED) is 0.820. The smallest absolute Gasteiger partial charge is 0.306 e. The summed E-state index contributed by atoms with van der Waals surface area (Å²) in [6, 6.07) is 7.24. The fourth-order valence-corrected chi connectivity index (χ4v) is 2.68. The highest BCUT2D eigenvalue weighted by molar-refractivity contribution is 5.79. The van der Waals surface area contributed by atoms with E-state index in [0.29, 0.717) is 31.5 Å². The van der Waals surface area contributed by atoms with Gasteiger partial charge >= 0.3 is 5.97 Å². The number of hydrogen-bond acceptors (Lipinski definition) is 3. The molecule has 1 fully saturated rings. The monoisotopic (exact) mass is 276 g/mol. The number of anilines is 1. The normalized spacial score (nSPS) is 22.6. The Hall–Kier alpha value is -2.04. The van der Waals surface area contributed by atoms with E-state index in [2.05, 4.69) is 0 Å². The van der Waals surface area contributed by atoms with E-state index in [0.717, 1.165) is 5.56 Å². The number of nitrogens with two attached hydrogens (primary N) is 1. The number of amides is 1. The third-order valence-corrected chi connectivity index (χ3v) is 3.88. The average molecular weight is 276 g/mol. The van der Waals surface area contributed by atoms with Crippen molar-refractivity contribution in [1.29, 1.82) is 0 Å². The van der Waals surface area contributed by atoms with Gasteiger partial charge in [-0.15, -0.1) is 0 Å². The van der Waals surface area contributed by atoms with Crippen molar-refractivity contribution < 1.29 is 14.7 Å². The lowest BCUT2D eigenvalue weighted by Crippen LogP contribution is -2.46. The number of nitrogen functional groups attached to an aromatic ring is 1. The van der Waals surface area contributed by atoms with Crippen molar-refractivity contribution in [2.75, 3.05) is 12.3 Å². The van der Waals surface area contributed by atoms with Crippen LogP contribution in [-0.2, 0) is 16.0 Å². The standard InChI is InChI=1S/C15H20N2O3/c1-10-8-12(15(19)20)6-7-17(10)14(18)9-11-2-4-13(16)5-3-11/h2-5,10,12H,6-9,16H2,1H3,(H,19,20). The number of piperidine rings is 1. The number of benzene rings is 1. The maximum Gasteiger partial charge on any atom is 0.306 e. The number of carboxylic acid groups (broad SMARTS) is 1. The minimum Gasteiger partial charge on any atom is -0.481 e. The Balaban J connectivity index is 1.96. The molecular formula is C15H20N2O3. The second kappa shape index (κ2) is 5.94. The van der Waals surface area contributed by atoms with Crippen molar-refractivity contribution in [3.05, 3.63) is 29.8 Å². The van der Waals surface area contributed by atoms with Gasteiger partial charge in [0.1, 0.15) is 0 Å². The molecule has 5 heteroatoms. The van der Waals surface area contributed by atoms with E-state index < -0.39 is 5.97 Å². The van der Waals surface area contributed by atoms with E-state index >= 15 is 0 Å². The Morgan fingerprint density at radius 3 is 2.55 bits per heavy atom. The molecule has 3 N–H and O–H groups in total. The van der Waals surface area contributed by atoms with Crippen LogP contribution in [0.3, 0.4) is 0 Å². The first-order chi connectivity index (χ1) is 9.47. The highest BCUT2D eigenvalue weighted by Crippen LogP contribution is 2.23. The summed E-state index contributed by atoms with van der Waals surface area (Å²) >= 11 is 0. The highest BCUT2D eigenvalue weighted by atomic mass is 16.4. The number of aliphatic carboxylic acids is 1. The first kappa shape index (κ1) is 14.4. The van der Waals surface area contributed by atoms with E-state index in [1.54, 1.807) is 17.0 Å². The molecule has 0 aromatic heterocycles. The van der Waals surface area contributed by atoms with E-state index in [4.69, 9.17) is 10.8 Å². The van der Waals surface area contributed by atoms with Gasteiger partial charge in [-0.1, -0.05) is 12.1 Å². The molecule has 2 unspecified atom stereocenters. The van der Waals surface area contributed by atoms with Gasteiger partial charge in [0, 0.05) is 18.3 Å². The first-order valence-corrected chi connectivity index (χ1v) is 6.84. The summed E-state index contributed by atoms with van der Waals surface area (Å²) in [5.41, 5.74) is 7.22. The van der Waals surface area contributed by atoms with Crippen molar-refractivity contribution in [2.24, 2.45) is 5.92 Å². The molecule has 2 rings (SSSR count). The Labute approximate surface area is 118 Å². The molecule has 1 aliphatic heterocycles. The molecule has 0 bridgehead atoms. The van der Waals surface area contributed by atoms with Crippen molar-refractivity contribution in [3.63, 3.8) is 0 Å². The lowest BCUT2D eigenvalue weighted by Gasteiger charge is -2.36. The number of hydrogen-bond donors (Lipinski definition) is 2. The van der Waals surface area contributed by atoms with E-state index in [-0.39, 0.29) is 17.9 Å². The summed E-state index contributed by atoms with van der Waals surface area (Å²) in [5.74, 6) is -1.04. The second-order valence-corrected chi connectivity index (χ2v) is 5.41. The van der Waals surface area contributed by atoms with Crippen LogP contribution in [0.4, 0.5) is 5.69 Å². The van der Waals surface area contributed by atoms with Crippen molar-refractivity contribution in [3.8, 4) is 0 Å². The van der Waals surface area contributed by atoms with Crippen LogP contribution < -0.4 is 5.73 Å². The van der Waals surface area contributed by atoms with Crippen molar-refractivity contribution >= 4 is 17.6 Å². The van der Waals surface area contributed by atoms with Gasteiger partial charge < -0.3 is 15.7 Å². The van der Waals surface area contributed by atoms with Gasteiger partial charge in [-0.05, 0) is 37.5 Å².